The molecule has 1 aliphatic rings. The Morgan fingerprint density at radius 1 is 1.15 bits per heavy atom. The van der Waals surface area contributed by atoms with E-state index in [9.17, 15) is 36.2 Å². The smallest absolute Gasteiger partial charge is 0.481 e. The highest BCUT2D eigenvalue weighted by molar-refractivity contribution is 6.32. The van der Waals surface area contributed by atoms with Crippen LogP contribution in [0.1, 0.15) is 18.5 Å². The van der Waals surface area contributed by atoms with E-state index in [1.165, 1.54) is 6.07 Å². The number of carbonyl (C=O) groups is 1. The molecule has 2 aromatic rings. The molecule has 0 amide bonds. The number of aromatic nitrogens is 2. The van der Waals surface area contributed by atoms with Crippen molar-refractivity contribution in [1.29, 1.82) is 0 Å². The minimum absolute atomic E-state index is 0.0585. The summed E-state index contributed by atoms with van der Waals surface area (Å²) in [6.07, 6.45) is -8.42. The standard InChI is InChI=1S/C19H16ClF6N3O4/c20-13-2-1-11(7-14(13)33-19(24,25)26)15-16(29-5-3-10(4-6-29)17(30)31)28-12(8-27-15)9-32-18(21,22)23/h1-2,7-8,10H,3-6,9H2,(H,30,31). The van der Waals surface area contributed by atoms with Crippen LogP contribution in [0.3, 0.4) is 0 Å². The lowest BCUT2D eigenvalue weighted by Crippen LogP contribution is -2.37. The van der Waals surface area contributed by atoms with E-state index in [4.69, 9.17) is 11.6 Å². The normalized spacial score (nSPS) is 15.5. The van der Waals surface area contributed by atoms with Gasteiger partial charge in [0.15, 0.2) is 5.82 Å². The number of anilines is 1. The van der Waals surface area contributed by atoms with Crippen molar-refractivity contribution < 1.29 is 45.7 Å². The number of aliphatic carboxylic acids is 1. The van der Waals surface area contributed by atoms with Gasteiger partial charge >= 0.3 is 18.7 Å². The van der Waals surface area contributed by atoms with Crippen molar-refractivity contribution >= 4 is 23.4 Å². The number of piperidine rings is 1. The van der Waals surface area contributed by atoms with Crippen LogP contribution < -0.4 is 9.64 Å². The van der Waals surface area contributed by atoms with Crippen LogP contribution in [0.4, 0.5) is 32.2 Å². The van der Waals surface area contributed by atoms with Crippen LogP contribution in [-0.2, 0) is 16.1 Å². The number of alkyl halides is 6. The molecular formula is C19H16ClF6N3O4. The maximum atomic E-state index is 12.7. The van der Waals surface area contributed by atoms with E-state index in [0.717, 1.165) is 18.3 Å². The molecule has 33 heavy (non-hydrogen) atoms. The van der Waals surface area contributed by atoms with Gasteiger partial charge in [0, 0.05) is 18.7 Å². The van der Waals surface area contributed by atoms with Gasteiger partial charge in [-0.25, -0.2) is 4.98 Å². The fraction of sp³-hybridized carbons (Fsp3) is 0.421. The number of rotatable bonds is 6. The SMILES string of the molecule is O=C(O)C1CCN(c2nc(COC(F)(F)F)cnc2-c2ccc(Cl)c(OC(F)(F)F)c2)CC1. The molecule has 0 saturated carbocycles. The Hall–Kier alpha value is -2.80. The molecule has 1 fully saturated rings. The zero-order chi connectivity index (χ0) is 24.4. The van der Waals surface area contributed by atoms with Gasteiger partial charge in [-0.2, -0.15) is 0 Å². The van der Waals surface area contributed by atoms with Crippen LogP contribution in [0.15, 0.2) is 24.4 Å². The highest BCUT2D eigenvalue weighted by Crippen LogP contribution is 2.37. The summed E-state index contributed by atoms with van der Waals surface area (Å²) in [4.78, 5) is 21.1. The molecule has 1 aliphatic heterocycles. The van der Waals surface area contributed by atoms with Gasteiger partial charge in [0.1, 0.15) is 11.4 Å². The lowest BCUT2D eigenvalue weighted by Gasteiger charge is -2.32. The zero-order valence-electron chi connectivity index (χ0n) is 16.6. The van der Waals surface area contributed by atoms with Crippen molar-refractivity contribution in [3.8, 4) is 17.0 Å². The summed E-state index contributed by atoms with van der Waals surface area (Å²) in [5, 5.41) is 8.86. The first-order valence-electron chi connectivity index (χ1n) is 9.42. The van der Waals surface area contributed by atoms with E-state index in [2.05, 4.69) is 19.4 Å². The number of benzene rings is 1. The fourth-order valence-electron chi connectivity index (χ4n) is 3.26. The lowest BCUT2D eigenvalue weighted by molar-refractivity contribution is -0.330. The van der Waals surface area contributed by atoms with Crippen molar-refractivity contribution in [3.05, 3.63) is 35.1 Å². The Balaban J connectivity index is 1.98. The summed E-state index contributed by atoms with van der Waals surface area (Å²) in [6, 6.07) is 3.49. The van der Waals surface area contributed by atoms with E-state index in [1.807, 2.05) is 0 Å². The molecule has 1 N–H and O–H groups in total. The Kier molecular flexibility index (Phi) is 7.22. The van der Waals surface area contributed by atoms with Crippen molar-refractivity contribution in [2.75, 3.05) is 18.0 Å². The third-order valence-electron chi connectivity index (χ3n) is 4.76. The number of halogens is 7. The number of hydrogen-bond donors (Lipinski definition) is 1. The first-order valence-corrected chi connectivity index (χ1v) is 9.80. The third kappa shape index (κ3) is 6.84. The highest BCUT2D eigenvalue weighted by atomic mass is 35.5. The van der Waals surface area contributed by atoms with Crippen LogP contribution >= 0.6 is 11.6 Å². The first kappa shape index (κ1) is 24.8. The molecule has 0 spiro atoms. The summed E-state index contributed by atoms with van der Waals surface area (Å²) in [5.41, 5.74) is 0.000171. The molecule has 3 rings (SSSR count). The second-order valence-electron chi connectivity index (χ2n) is 7.06. The van der Waals surface area contributed by atoms with Crippen molar-refractivity contribution in [1.82, 2.24) is 9.97 Å². The monoisotopic (exact) mass is 499 g/mol. The second kappa shape index (κ2) is 9.59. The molecule has 7 nitrogen and oxygen atoms in total. The predicted molar refractivity (Wildman–Crippen MR) is 103 cm³/mol. The van der Waals surface area contributed by atoms with Gasteiger partial charge in [-0.1, -0.05) is 17.7 Å². The number of nitrogens with zero attached hydrogens (tertiary/aromatic N) is 3. The Labute approximate surface area is 187 Å². The summed E-state index contributed by atoms with van der Waals surface area (Å²) in [6.45, 7) is -0.540. The minimum atomic E-state index is -5.01. The average Bonchev–Trinajstić information content (AvgIpc) is 2.72. The van der Waals surface area contributed by atoms with E-state index in [-0.39, 0.29) is 53.7 Å². The lowest BCUT2D eigenvalue weighted by atomic mass is 9.97. The van der Waals surface area contributed by atoms with Gasteiger partial charge in [-0.3, -0.25) is 14.5 Å². The Morgan fingerprint density at radius 2 is 1.82 bits per heavy atom. The first-order chi connectivity index (χ1) is 15.3. The van der Waals surface area contributed by atoms with Crippen LogP contribution in [0.25, 0.3) is 11.3 Å². The molecule has 0 atom stereocenters. The maximum Gasteiger partial charge on any atom is 0.573 e. The number of hydrogen-bond acceptors (Lipinski definition) is 6. The fourth-order valence-corrected chi connectivity index (χ4v) is 3.41. The van der Waals surface area contributed by atoms with E-state index >= 15 is 0 Å². The molecule has 180 valence electrons. The van der Waals surface area contributed by atoms with Gasteiger partial charge in [0.25, 0.3) is 0 Å². The van der Waals surface area contributed by atoms with E-state index < -0.39 is 37.0 Å². The van der Waals surface area contributed by atoms with Crippen molar-refractivity contribution in [2.24, 2.45) is 5.92 Å². The molecule has 0 unspecified atom stereocenters. The van der Waals surface area contributed by atoms with Gasteiger partial charge in [-0.05, 0) is 25.0 Å². The summed E-state index contributed by atoms with van der Waals surface area (Å²) >= 11 is 5.78. The van der Waals surface area contributed by atoms with Crippen molar-refractivity contribution in [3.63, 3.8) is 0 Å². The molecule has 0 radical (unpaired) electrons. The van der Waals surface area contributed by atoms with Crippen LogP contribution in [-0.4, -0.2) is 46.9 Å². The molecular weight excluding hydrogens is 484 g/mol. The Bertz CT molecular complexity index is 1010. The molecule has 0 aliphatic carbocycles. The van der Waals surface area contributed by atoms with Crippen LogP contribution in [0, 0.1) is 5.92 Å². The van der Waals surface area contributed by atoms with E-state index in [0.29, 0.717) is 0 Å². The van der Waals surface area contributed by atoms with Gasteiger partial charge in [-0.15, -0.1) is 26.3 Å². The molecule has 1 saturated heterocycles. The molecule has 1 aromatic carbocycles. The molecule has 1 aromatic heterocycles. The molecule has 2 heterocycles. The topological polar surface area (TPSA) is 84.8 Å². The van der Waals surface area contributed by atoms with Crippen LogP contribution in [0.2, 0.25) is 5.02 Å². The molecule has 0 bridgehead atoms. The average molecular weight is 500 g/mol. The molecule has 14 heteroatoms. The van der Waals surface area contributed by atoms with Gasteiger partial charge in [0.05, 0.1) is 29.4 Å². The van der Waals surface area contributed by atoms with Gasteiger partial charge < -0.3 is 14.7 Å². The van der Waals surface area contributed by atoms with Crippen LogP contribution in [0.5, 0.6) is 5.75 Å². The summed E-state index contributed by atoms with van der Waals surface area (Å²) < 4.78 is 83.0. The zero-order valence-corrected chi connectivity index (χ0v) is 17.3. The minimum Gasteiger partial charge on any atom is -0.481 e. The number of carboxylic acid groups (broad SMARTS) is 1. The van der Waals surface area contributed by atoms with Crippen molar-refractivity contribution in [2.45, 2.75) is 32.2 Å². The summed E-state index contributed by atoms with van der Waals surface area (Å²) in [5.74, 6) is -2.19. The summed E-state index contributed by atoms with van der Waals surface area (Å²) in [7, 11) is 0. The highest BCUT2D eigenvalue weighted by Gasteiger charge is 2.33. The largest absolute Gasteiger partial charge is 0.573 e. The second-order valence-corrected chi connectivity index (χ2v) is 7.47. The Morgan fingerprint density at radius 3 is 2.39 bits per heavy atom. The van der Waals surface area contributed by atoms with Gasteiger partial charge in [0.2, 0.25) is 0 Å². The third-order valence-corrected chi connectivity index (χ3v) is 5.07. The number of ether oxygens (including phenoxy) is 2. The maximum absolute atomic E-state index is 12.7. The quantitative estimate of drug-likeness (QED) is 0.558. The predicted octanol–water partition coefficient (Wildman–Crippen LogP) is 5.03. The number of carboxylic acids is 1. The van der Waals surface area contributed by atoms with E-state index in [1.54, 1.807) is 4.90 Å².